The second-order valence-corrected chi connectivity index (χ2v) is 9.59. The number of aromatic nitrogens is 4. The van der Waals surface area contributed by atoms with Crippen molar-refractivity contribution < 1.29 is 4.74 Å². The van der Waals surface area contributed by atoms with Crippen LogP contribution in [0.2, 0.25) is 0 Å². The number of benzene rings is 3. The van der Waals surface area contributed by atoms with Crippen LogP contribution in [0.15, 0.2) is 89.9 Å². The number of para-hydroxylation sites is 3. The van der Waals surface area contributed by atoms with Crippen LogP contribution in [-0.2, 0) is 0 Å². The molecule has 0 aliphatic rings. The first-order valence-corrected chi connectivity index (χ1v) is 12.8. The molecule has 3 aromatic heterocycles. The molecule has 0 saturated heterocycles. The third-order valence-corrected chi connectivity index (χ3v) is 7.04. The predicted molar refractivity (Wildman–Crippen MR) is 145 cm³/mol. The van der Waals surface area contributed by atoms with E-state index < -0.39 is 0 Å². The summed E-state index contributed by atoms with van der Waals surface area (Å²) in [6.07, 6.45) is 5.97. The van der Waals surface area contributed by atoms with Gasteiger partial charge >= 0.3 is 0 Å². The molecule has 0 aliphatic carbocycles. The van der Waals surface area contributed by atoms with Crippen LogP contribution in [0.4, 0.5) is 0 Å². The highest BCUT2D eigenvalue weighted by Crippen LogP contribution is 2.28. The van der Waals surface area contributed by atoms with Gasteiger partial charge in [0.1, 0.15) is 11.4 Å². The highest BCUT2D eigenvalue weighted by atomic mass is 32.1. The first-order valence-electron chi connectivity index (χ1n) is 12.0. The molecule has 0 spiro atoms. The van der Waals surface area contributed by atoms with E-state index in [0.717, 1.165) is 52.1 Å². The summed E-state index contributed by atoms with van der Waals surface area (Å²) in [5, 5.41) is 4.92. The van der Waals surface area contributed by atoms with E-state index in [0.29, 0.717) is 16.1 Å². The van der Waals surface area contributed by atoms with Crippen LogP contribution in [0.1, 0.15) is 25.3 Å². The fraction of sp³-hybridized carbons (Fsp3) is 0.138. The van der Waals surface area contributed by atoms with Gasteiger partial charge in [0.05, 0.1) is 27.9 Å². The van der Waals surface area contributed by atoms with Crippen LogP contribution in [0.3, 0.4) is 0 Å². The van der Waals surface area contributed by atoms with Gasteiger partial charge in [-0.1, -0.05) is 67.1 Å². The molecule has 6 rings (SSSR count). The number of ether oxygens (including phenoxy) is 1. The van der Waals surface area contributed by atoms with Crippen molar-refractivity contribution in [2.45, 2.75) is 19.8 Å². The van der Waals surface area contributed by atoms with Gasteiger partial charge in [-0.3, -0.25) is 4.79 Å². The third kappa shape index (κ3) is 4.07. The maximum atomic E-state index is 13.4. The molecule has 178 valence electrons. The molecule has 0 bridgehead atoms. The summed E-state index contributed by atoms with van der Waals surface area (Å²) in [7, 11) is 0. The minimum atomic E-state index is -0.0706. The lowest BCUT2D eigenvalue weighted by atomic mass is 10.1. The number of imidazole rings is 1. The van der Waals surface area contributed by atoms with Crippen molar-refractivity contribution in [1.29, 1.82) is 0 Å². The Bertz CT molecular complexity index is 1780. The Morgan fingerprint density at radius 1 is 1.00 bits per heavy atom. The maximum absolute atomic E-state index is 13.4. The van der Waals surface area contributed by atoms with E-state index >= 15 is 0 Å². The lowest BCUT2D eigenvalue weighted by Crippen LogP contribution is -2.22. The van der Waals surface area contributed by atoms with Crippen LogP contribution in [-0.4, -0.2) is 25.8 Å². The largest absolute Gasteiger partial charge is 0.494 e. The predicted octanol–water partition coefficient (Wildman–Crippen LogP) is 5.49. The van der Waals surface area contributed by atoms with Crippen LogP contribution >= 0.6 is 11.3 Å². The summed E-state index contributed by atoms with van der Waals surface area (Å²) in [4.78, 5) is 18.7. The zero-order valence-corrected chi connectivity index (χ0v) is 20.6. The number of rotatable bonds is 7. The molecule has 3 aromatic carbocycles. The SMILES string of the molecule is CCCCOc1cccc(-c2nn(-c3ccccc3)cc2/C=c2\sc3nc4ccccc4n3c2=O)c1. The van der Waals surface area contributed by atoms with Gasteiger partial charge in [0.15, 0.2) is 4.96 Å². The number of unbranched alkanes of at least 4 members (excludes halogenated alkanes) is 1. The van der Waals surface area contributed by atoms with E-state index in [9.17, 15) is 4.79 Å². The number of thiazole rings is 1. The summed E-state index contributed by atoms with van der Waals surface area (Å²) in [5.74, 6) is 0.812. The number of nitrogens with zero attached hydrogens (tertiary/aromatic N) is 4. The minimum absolute atomic E-state index is 0.0706. The second kappa shape index (κ2) is 9.43. The molecule has 0 radical (unpaired) electrons. The third-order valence-electron chi connectivity index (χ3n) is 6.07. The summed E-state index contributed by atoms with van der Waals surface area (Å²) in [6, 6.07) is 25.7. The van der Waals surface area contributed by atoms with E-state index in [2.05, 4.69) is 11.9 Å². The topological polar surface area (TPSA) is 61.4 Å². The lowest BCUT2D eigenvalue weighted by Gasteiger charge is -2.07. The molecule has 36 heavy (non-hydrogen) atoms. The fourth-order valence-electron chi connectivity index (χ4n) is 4.25. The van der Waals surface area contributed by atoms with Crippen LogP contribution in [0.5, 0.6) is 5.75 Å². The zero-order valence-electron chi connectivity index (χ0n) is 19.8. The molecule has 0 atom stereocenters. The molecule has 0 N–H and O–H groups in total. The first kappa shape index (κ1) is 22.2. The summed E-state index contributed by atoms with van der Waals surface area (Å²) in [6.45, 7) is 2.83. The highest BCUT2D eigenvalue weighted by molar-refractivity contribution is 7.15. The Morgan fingerprint density at radius 3 is 2.69 bits per heavy atom. The Labute approximate surface area is 211 Å². The van der Waals surface area contributed by atoms with Gasteiger partial charge in [0, 0.05) is 17.3 Å². The van der Waals surface area contributed by atoms with Crippen molar-refractivity contribution in [3.63, 3.8) is 0 Å². The van der Waals surface area contributed by atoms with Gasteiger partial charge in [0.25, 0.3) is 5.56 Å². The Kier molecular flexibility index (Phi) is 5.83. The molecule has 7 heteroatoms. The van der Waals surface area contributed by atoms with Crippen molar-refractivity contribution in [3.8, 4) is 22.7 Å². The average Bonchev–Trinajstić information content (AvgIpc) is 3.58. The van der Waals surface area contributed by atoms with Gasteiger partial charge in [-0.05, 0) is 48.9 Å². The monoisotopic (exact) mass is 492 g/mol. The zero-order chi connectivity index (χ0) is 24.5. The molecular formula is C29H24N4O2S. The maximum Gasteiger partial charge on any atom is 0.274 e. The Hall–Kier alpha value is -4.23. The van der Waals surface area contributed by atoms with Gasteiger partial charge in [-0.25, -0.2) is 14.1 Å². The van der Waals surface area contributed by atoms with Crippen molar-refractivity contribution in [2.75, 3.05) is 6.61 Å². The number of hydrogen-bond acceptors (Lipinski definition) is 5. The van der Waals surface area contributed by atoms with E-state index in [-0.39, 0.29) is 5.56 Å². The van der Waals surface area contributed by atoms with Crippen molar-refractivity contribution >= 4 is 33.4 Å². The Balaban J connectivity index is 1.50. The minimum Gasteiger partial charge on any atom is -0.494 e. The quantitative estimate of drug-likeness (QED) is 0.277. The fourth-order valence-corrected chi connectivity index (χ4v) is 5.23. The van der Waals surface area contributed by atoms with E-state index in [1.807, 2.05) is 95.8 Å². The first-order chi connectivity index (χ1) is 17.7. The van der Waals surface area contributed by atoms with E-state index in [1.165, 1.54) is 11.3 Å². The summed E-state index contributed by atoms with van der Waals surface area (Å²) >= 11 is 1.39. The smallest absolute Gasteiger partial charge is 0.274 e. The van der Waals surface area contributed by atoms with E-state index in [1.54, 1.807) is 4.40 Å². The molecule has 6 nitrogen and oxygen atoms in total. The standard InChI is InChI=1S/C29H24N4O2S/c1-2-3-16-35-23-13-9-10-20(17-23)27-21(19-32(31-27)22-11-5-4-6-12-22)18-26-28(34)33-25-15-8-7-14-24(25)30-29(33)36-26/h4-15,17-19H,2-3,16H2,1H3/b26-18-. The molecule has 3 heterocycles. The molecule has 0 amide bonds. The summed E-state index contributed by atoms with van der Waals surface area (Å²) < 4.78 is 10.1. The number of hydrogen-bond donors (Lipinski definition) is 0. The average molecular weight is 493 g/mol. The molecule has 0 fully saturated rings. The van der Waals surface area contributed by atoms with Gasteiger partial charge < -0.3 is 4.74 Å². The summed E-state index contributed by atoms with van der Waals surface area (Å²) in [5.41, 5.74) is 5.10. The van der Waals surface area contributed by atoms with Crippen molar-refractivity contribution in [2.24, 2.45) is 0 Å². The van der Waals surface area contributed by atoms with Crippen LogP contribution < -0.4 is 14.8 Å². The number of fused-ring (bicyclic) bond motifs is 3. The molecule has 0 unspecified atom stereocenters. The second-order valence-electron chi connectivity index (χ2n) is 8.58. The Morgan fingerprint density at radius 2 is 1.83 bits per heavy atom. The molecular weight excluding hydrogens is 468 g/mol. The highest BCUT2D eigenvalue weighted by Gasteiger charge is 2.15. The lowest BCUT2D eigenvalue weighted by molar-refractivity contribution is 0.309. The van der Waals surface area contributed by atoms with Gasteiger partial charge in [-0.2, -0.15) is 5.10 Å². The van der Waals surface area contributed by atoms with Gasteiger partial charge in [0.2, 0.25) is 0 Å². The van der Waals surface area contributed by atoms with Crippen molar-refractivity contribution in [3.05, 3.63) is 106 Å². The molecule has 0 aliphatic heterocycles. The normalized spacial score (nSPS) is 12.1. The van der Waals surface area contributed by atoms with Crippen LogP contribution in [0.25, 0.3) is 39.0 Å². The van der Waals surface area contributed by atoms with Crippen LogP contribution in [0, 0.1) is 0 Å². The van der Waals surface area contributed by atoms with E-state index in [4.69, 9.17) is 9.84 Å². The van der Waals surface area contributed by atoms with Crippen molar-refractivity contribution in [1.82, 2.24) is 19.2 Å². The molecule has 6 aromatic rings. The van der Waals surface area contributed by atoms with Gasteiger partial charge in [-0.15, -0.1) is 0 Å². The molecule has 0 saturated carbocycles.